The van der Waals surface area contributed by atoms with Gasteiger partial charge in [0.15, 0.2) is 11.6 Å². The van der Waals surface area contributed by atoms with Gasteiger partial charge in [0, 0.05) is 24.3 Å². The van der Waals surface area contributed by atoms with Gasteiger partial charge >= 0.3 is 0 Å². The van der Waals surface area contributed by atoms with Crippen LogP contribution in [0, 0.1) is 5.82 Å². The van der Waals surface area contributed by atoms with Crippen molar-refractivity contribution in [2.45, 2.75) is 19.9 Å². The number of rotatable bonds is 5. The summed E-state index contributed by atoms with van der Waals surface area (Å²) in [6.07, 6.45) is 3.07. The molecular formula is C13H15FN4OS. The minimum absolute atomic E-state index is 0.0284. The first kappa shape index (κ1) is 14.4. The van der Waals surface area contributed by atoms with Crippen LogP contribution in [-0.2, 0) is 0 Å². The van der Waals surface area contributed by atoms with Crippen molar-refractivity contribution in [2.24, 2.45) is 0 Å². The largest absolute Gasteiger partial charge is 0.368 e. The Morgan fingerprint density at radius 1 is 1.45 bits per heavy atom. The summed E-state index contributed by atoms with van der Waals surface area (Å²) in [5.74, 6) is -1.04. The molecule has 0 saturated carbocycles. The zero-order chi connectivity index (χ0) is 14.5. The molecule has 1 unspecified atom stereocenters. The Balaban J connectivity index is 2.15. The number of nitrogens with zero attached hydrogens (tertiary/aromatic N) is 2. The van der Waals surface area contributed by atoms with Crippen LogP contribution in [0.1, 0.15) is 35.3 Å². The zero-order valence-corrected chi connectivity index (χ0v) is 12.0. The molecule has 5 nitrogen and oxygen atoms in total. The Kier molecular flexibility index (Phi) is 4.62. The van der Waals surface area contributed by atoms with E-state index in [1.54, 1.807) is 13.1 Å². The average molecular weight is 294 g/mol. The molecule has 7 heteroatoms. The van der Waals surface area contributed by atoms with E-state index in [0.717, 1.165) is 5.01 Å². The van der Waals surface area contributed by atoms with Crippen molar-refractivity contribution in [1.82, 2.24) is 15.3 Å². The normalized spacial score (nSPS) is 11.9. The summed E-state index contributed by atoms with van der Waals surface area (Å²) >= 11 is 1.44. The van der Waals surface area contributed by atoms with Gasteiger partial charge < -0.3 is 10.6 Å². The first-order valence-corrected chi connectivity index (χ1v) is 7.10. The van der Waals surface area contributed by atoms with E-state index >= 15 is 0 Å². The van der Waals surface area contributed by atoms with Gasteiger partial charge in [-0.25, -0.2) is 14.4 Å². The maximum Gasteiger partial charge on any atom is 0.255 e. The van der Waals surface area contributed by atoms with Crippen molar-refractivity contribution < 1.29 is 9.18 Å². The van der Waals surface area contributed by atoms with Crippen LogP contribution in [-0.4, -0.2) is 22.4 Å². The van der Waals surface area contributed by atoms with Gasteiger partial charge in [-0.15, -0.1) is 11.3 Å². The summed E-state index contributed by atoms with van der Waals surface area (Å²) in [4.78, 5) is 20.1. The molecule has 0 fully saturated rings. The third-order valence-electron chi connectivity index (χ3n) is 2.65. The lowest BCUT2D eigenvalue weighted by molar-refractivity contribution is 0.0935. The van der Waals surface area contributed by atoms with Gasteiger partial charge in [0.2, 0.25) is 0 Å². The molecule has 2 aromatic heterocycles. The molecule has 0 aliphatic rings. The second kappa shape index (κ2) is 6.42. The minimum atomic E-state index is -0.641. The molecule has 0 bridgehead atoms. The minimum Gasteiger partial charge on any atom is -0.368 e. The van der Waals surface area contributed by atoms with Crippen molar-refractivity contribution in [2.75, 3.05) is 11.9 Å². The van der Waals surface area contributed by atoms with Gasteiger partial charge in [-0.2, -0.15) is 0 Å². The van der Waals surface area contributed by atoms with E-state index in [2.05, 4.69) is 20.6 Å². The molecule has 2 rings (SSSR count). The summed E-state index contributed by atoms with van der Waals surface area (Å²) < 4.78 is 14.1. The zero-order valence-electron chi connectivity index (χ0n) is 11.2. The number of hydrogen-bond acceptors (Lipinski definition) is 5. The standard InChI is InChI=1S/C13H15FN4OS/c1-3-15-11-10(14)9(4-5-16-11)12(19)18-8(2)13-17-6-7-20-13/h4-8H,3H2,1-2H3,(H,15,16)(H,18,19). The van der Waals surface area contributed by atoms with Gasteiger partial charge in [0.05, 0.1) is 11.6 Å². The summed E-state index contributed by atoms with van der Waals surface area (Å²) in [6.45, 7) is 4.17. The number of hydrogen-bond donors (Lipinski definition) is 2. The van der Waals surface area contributed by atoms with Crippen molar-refractivity contribution >= 4 is 23.1 Å². The quantitative estimate of drug-likeness (QED) is 0.889. The summed E-state index contributed by atoms with van der Waals surface area (Å²) in [5, 5.41) is 8.10. The highest BCUT2D eigenvalue weighted by atomic mass is 32.1. The van der Waals surface area contributed by atoms with Gasteiger partial charge in [-0.1, -0.05) is 0 Å². The van der Waals surface area contributed by atoms with Crippen LogP contribution in [0.4, 0.5) is 10.2 Å². The van der Waals surface area contributed by atoms with Crippen LogP contribution in [0.25, 0.3) is 0 Å². The number of nitrogens with one attached hydrogen (secondary N) is 2. The van der Waals surface area contributed by atoms with E-state index in [9.17, 15) is 9.18 Å². The molecule has 0 aliphatic heterocycles. The first-order chi connectivity index (χ1) is 9.63. The van der Waals surface area contributed by atoms with E-state index in [1.807, 2.05) is 12.3 Å². The molecule has 1 atom stereocenters. The van der Waals surface area contributed by atoms with Crippen LogP contribution >= 0.6 is 11.3 Å². The lowest BCUT2D eigenvalue weighted by Gasteiger charge is -2.12. The maximum atomic E-state index is 14.1. The fourth-order valence-corrected chi connectivity index (χ4v) is 2.34. The SMILES string of the molecule is CCNc1nccc(C(=O)NC(C)c2nccs2)c1F. The van der Waals surface area contributed by atoms with Crippen LogP contribution in [0.3, 0.4) is 0 Å². The van der Waals surface area contributed by atoms with Crippen LogP contribution in [0.5, 0.6) is 0 Å². The molecule has 2 aromatic rings. The highest BCUT2D eigenvalue weighted by Crippen LogP contribution is 2.18. The second-order valence-electron chi connectivity index (χ2n) is 4.12. The van der Waals surface area contributed by atoms with E-state index < -0.39 is 11.7 Å². The molecule has 2 N–H and O–H groups in total. The monoisotopic (exact) mass is 294 g/mol. The van der Waals surface area contributed by atoms with E-state index in [0.29, 0.717) is 6.54 Å². The molecule has 0 saturated heterocycles. The van der Waals surface area contributed by atoms with E-state index in [4.69, 9.17) is 0 Å². The first-order valence-electron chi connectivity index (χ1n) is 6.22. The predicted molar refractivity (Wildman–Crippen MR) is 76.4 cm³/mol. The Labute approximate surface area is 120 Å². The number of amides is 1. The molecule has 0 spiro atoms. The molecule has 20 heavy (non-hydrogen) atoms. The molecule has 0 radical (unpaired) electrons. The summed E-state index contributed by atoms with van der Waals surface area (Å²) in [6, 6.07) is 1.10. The Morgan fingerprint density at radius 3 is 2.90 bits per heavy atom. The van der Waals surface area contributed by atoms with Gasteiger partial charge in [0.25, 0.3) is 5.91 Å². The predicted octanol–water partition coefficient (Wildman–Crippen LogP) is 2.60. The molecule has 2 heterocycles. The van der Waals surface area contributed by atoms with Gasteiger partial charge in [0.1, 0.15) is 5.01 Å². The summed E-state index contributed by atoms with van der Waals surface area (Å²) in [5.41, 5.74) is -0.0284. The molecule has 0 aromatic carbocycles. The van der Waals surface area contributed by atoms with Crippen LogP contribution in [0.15, 0.2) is 23.8 Å². The summed E-state index contributed by atoms with van der Waals surface area (Å²) in [7, 11) is 0. The Bertz CT molecular complexity index is 588. The topological polar surface area (TPSA) is 66.9 Å². The molecular weight excluding hydrogens is 279 g/mol. The lowest BCUT2D eigenvalue weighted by Crippen LogP contribution is -2.27. The van der Waals surface area contributed by atoms with E-state index in [-0.39, 0.29) is 17.4 Å². The Morgan fingerprint density at radius 2 is 2.25 bits per heavy atom. The number of carbonyl (C=O) groups excluding carboxylic acids is 1. The van der Waals surface area contributed by atoms with Crippen molar-refractivity contribution in [1.29, 1.82) is 0 Å². The third kappa shape index (κ3) is 3.11. The third-order valence-corrected chi connectivity index (χ3v) is 3.61. The molecule has 1 amide bonds. The van der Waals surface area contributed by atoms with Gasteiger partial charge in [-0.05, 0) is 19.9 Å². The second-order valence-corrected chi connectivity index (χ2v) is 5.04. The smallest absolute Gasteiger partial charge is 0.255 e. The highest BCUT2D eigenvalue weighted by molar-refractivity contribution is 7.09. The number of carbonyl (C=O) groups is 1. The van der Waals surface area contributed by atoms with Crippen molar-refractivity contribution in [3.8, 4) is 0 Å². The fraction of sp³-hybridized carbons (Fsp3) is 0.308. The average Bonchev–Trinajstić information content (AvgIpc) is 2.95. The Hall–Kier alpha value is -2.02. The van der Waals surface area contributed by atoms with Crippen molar-refractivity contribution in [3.63, 3.8) is 0 Å². The maximum absolute atomic E-state index is 14.1. The number of halogens is 1. The highest BCUT2D eigenvalue weighted by Gasteiger charge is 2.18. The number of pyridine rings is 1. The van der Waals surface area contributed by atoms with Crippen LogP contribution in [0.2, 0.25) is 0 Å². The van der Waals surface area contributed by atoms with Gasteiger partial charge in [-0.3, -0.25) is 4.79 Å². The molecule has 0 aliphatic carbocycles. The van der Waals surface area contributed by atoms with E-state index in [1.165, 1.54) is 23.6 Å². The number of thiazole rings is 1. The van der Waals surface area contributed by atoms with Crippen molar-refractivity contribution in [3.05, 3.63) is 40.2 Å². The number of anilines is 1. The number of aromatic nitrogens is 2. The van der Waals surface area contributed by atoms with Crippen LogP contribution < -0.4 is 10.6 Å². The molecule has 106 valence electrons. The lowest BCUT2D eigenvalue weighted by atomic mass is 10.2. The fourth-order valence-electron chi connectivity index (χ4n) is 1.69.